The molecule has 0 aliphatic rings. The van der Waals surface area contributed by atoms with Crippen LogP contribution in [-0.2, 0) is 28.6 Å². The number of carbonyl (C=O) groups excluding carboxylic acids is 3. The van der Waals surface area contributed by atoms with Crippen LogP contribution in [0.5, 0.6) is 0 Å². The average Bonchev–Trinajstić information content (AvgIpc) is 3.46. The van der Waals surface area contributed by atoms with Crippen LogP contribution in [0.15, 0.2) is 109 Å². The van der Waals surface area contributed by atoms with Crippen molar-refractivity contribution in [1.29, 1.82) is 0 Å². The van der Waals surface area contributed by atoms with Crippen LogP contribution in [0.3, 0.4) is 0 Å². The van der Waals surface area contributed by atoms with Gasteiger partial charge < -0.3 is 14.2 Å². The van der Waals surface area contributed by atoms with Crippen molar-refractivity contribution in [2.24, 2.45) is 0 Å². The second-order valence-electron chi connectivity index (χ2n) is 22.4. The second kappa shape index (κ2) is 67.6. The Hall–Kier alpha value is -3.93. The SMILES string of the molecule is CC/C=C\C/C=C\C/C=C\C/C=C\C/C=C\C/C=C\C/C=C\C/C=C\C/C=C\CCCCCC(=O)OCC(COC(=O)CCCCCCCCCC)OC(=O)CCCCCCCCCCCCCCCCCCCCCCCCC. The molecule has 1 atom stereocenters. The Balaban J connectivity index is 4.23. The molecule has 0 aromatic heterocycles. The molecule has 0 aromatic carbocycles. The van der Waals surface area contributed by atoms with Gasteiger partial charge in [0.1, 0.15) is 13.2 Å². The predicted octanol–water partition coefficient (Wildman–Crippen LogP) is 23.4. The number of ether oxygens (including phenoxy) is 3. The molecule has 0 heterocycles. The minimum absolute atomic E-state index is 0.0857. The topological polar surface area (TPSA) is 78.9 Å². The predicted molar refractivity (Wildman–Crippen MR) is 348 cm³/mol. The summed E-state index contributed by atoms with van der Waals surface area (Å²) in [5, 5.41) is 0. The molecular formula is C74H126O6. The molecule has 0 bridgehead atoms. The summed E-state index contributed by atoms with van der Waals surface area (Å²) < 4.78 is 16.9. The van der Waals surface area contributed by atoms with Gasteiger partial charge in [0.2, 0.25) is 0 Å². The molecule has 0 rings (SSSR count). The lowest BCUT2D eigenvalue weighted by molar-refractivity contribution is -0.167. The average molecular weight is 1110 g/mol. The number of allylic oxidation sites excluding steroid dienone is 18. The Labute approximate surface area is 495 Å². The minimum Gasteiger partial charge on any atom is -0.462 e. The number of hydrogen-bond donors (Lipinski definition) is 0. The minimum atomic E-state index is -0.790. The van der Waals surface area contributed by atoms with E-state index < -0.39 is 6.10 Å². The molecule has 6 nitrogen and oxygen atoms in total. The zero-order valence-corrected chi connectivity index (χ0v) is 52.6. The van der Waals surface area contributed by atoms with Crippen molar-refractivity contribution < 1.29 is 28.6 Å². The fourth-order valence-electron chi connectivity index (χ4n) is 9.50. The highest BCUT2D eigenvalue weighted by Crippen LogP contribution is 2.17. The first-order valence-corrected chi connectivity index (χ1v) is 33.9. The highest BCUT2D eigenvalue weighted by molar-refractivity contribution is 5.71. The summed E-state index contributed by atoms with van der Waals surface area (Å²) in [7, 11) is 0. The van der Waals surface area contributed by atoms with Gasteiger partial charge in [-0.1, -0.05) is 323 Å². The molecule has 0 fully saturated rings. The Morgan fingerprint density at radius 1 is 0.263 bits per heavy atom. The summed E-state index contributed by atoms with van der Waals surface area (Å²) in [6, 6.07) is 0. The summed E-state index contributed by atoms with van der Waals surface area (Å²) in [6.07, 6.45) is 92.7. The lowest BCUT2D eigenvalue weighted by Gasteiger charge is -2.18. The maximum absolute atomic E-state index is 12.9. The van der Waals surface area contributed by atoms with Crippen LogP contribution in [0.4, 0.5) is 0 Å². The van der Waals surface area contributed by atoms with E-state index in [1.807, 2.05) is 0 Å². The molecule has 0 saturated heterocycles. The van der Waals surface area contributed by atoms with Gasteiger partial charge in [-0.15, -0.1) is 0 Å². The Kier molecular flexibility index (Phi) is 64.3. The summed E-state index contributed by atoms with van der Waals surface area (Å²) in [5.41, 5.74) is 0. The van der Waals surface area contributed by atoms with Gasteiger partial charge in [-0.25, -0.2) is 0 Å². The summed E-state index contributed by atoms with van der Waals surface area (Å²) in [6.45, 7) is 6.50. The van der Waals surface area contributed by atoms with E-state index in [1.54, 1.807) is 0 Å². The Bertz CT molecular complexity index is 1610. The van der Waals surface area contributed by atoms with E-state index in [-0.39, 0.29) is 31.1 Å². The zero-order chi connectivity index (χ0) is 57.8. The molecule has 0 saturated carbocycles. The first-order chi connectivity index (χ1) is 39.5. The number of carbonyl (C=O) groups is 3. The number of esters is 3. The van der Waals surface area contributed by atoms with E-state index in [2.05, 4.69) is 130 Å². The van der Waals surface area contributed by atoms with Crippen LogP contribution in [0, 0.1) is 0 Å². The summed E-state index contributed by atoms with van der Waals surface area (Å²) in [5.74, 6) is -0.913. The standard InChI is InChI=1S/C74H126O6/c1-4-7-10-13-16-19-21-23-25-27-29-31-33-34-35-36-37-38-39-40-42-43-45-47-49-51-53-55-58-61-64-67-73(76)79-70-71(69-78-72(75)66-63-60-57-18-15-12-9-6-3)80-74(77)68-65-62-59-56-54-52-50-48-46-44-41-32-30-28-26-24-22-20-17-14-11-8-5-2/h7,10,16,19,23,25,29,31,34-35,37-38,40,42,45,47,51,53,71H,4-6,8-9,11-15,17-18,20-22,24,26-28,30,32-33,36,39,41,43-44,46,48-50,52,54-70H2,1-3H3/b10-7-,19-16-,25-23-,31-29-,35-34-,38-37-,42-40-,47-45-,53-51-. The van der Waals surface area contributed by atoms with Crippen LogP contribution in [-0.4, -0.2) is 37.2 Å². The molecule has 0 spiro atoms. The van der Waals surface area contributed by atoms with E-state index in [0.717, 1.165) is 122 Å². The number of unbranched alkanes of at least 4 members (excludes halogenated alkanes) is 32. The van der Waals surface area contributed by atoms with E-state index >= 15 is 0 Å². The Morgan fingerprint density at radius 2 is 0.487 bits per heavy atom. The van der Waals surface area contributed by atoms with Gasteiger partial charge in [-0.3, -0.25) is 14.4 Å². The molecule has 0 amide bonds. The normalized spacial score (nSPS) is 12.8. The van der Waals surface area contributed by atoms with Crippen molar-refractivity contribution in [1.82, 2.24) is 0 Å². The van der Waals surface area contributed by atoms with Crippen molar-refractivity contribution in [3.63, 3.8) is 0 Å². The lowest BCUT2D eigenvalue weighted by atomic mass is 10.0. The van der Waals surface area contributed by atoms with Gasteiger partial charge in [0.05, 0.1) is 0 Å². The summed E-state index contributed by atoms with van der Waals surface area (Å²) in [4.78, 5) is 38.2. The fourth-order valence-corrected chi connectivity index (χ4v) is 9.50. The van der Waals surface area contributed by atoms with Gasteiger partial charge in [0, 0.05) is 19.3 Å². The van der Waals surface area contributed by atoms with Crippen molar-refractivity contribution >= 4 is 17.9 Å². The first-order valence-electron chi connectivity index (χ1n) is 33.9. The van der Waals surface area contributed by atoms with E-state index in [4.69, 9.17) is 14.2 Å². The molecule has 0 aliphatic heterocycles. The molecule has 80 heavy (non-hydrogen) atoms. The van der Waals surface area contributed by atoms with Crippen LogP contribution in [0.1, 0.15) is 323 Å². The van der Waals surface area contributed by atoms with Crippen molar-refractivity contribution in [2.75, 3.05) is 13.2 Å². The van der Waals surface area contributed by atoms with Gasteiger partial charge in [0.15, 0.2) is 6.10 Å². The third-order valence-electron chi connectivity index (χ3n) is 14.5. The number of rotatable bonds is 61. The third-order valence-corrected chi connectivity index (χ3v) is 14.5. The van der Waals surface area contributed by atoms with Gasteiger partial charge in [-0.2, -0.15) is 0 Å². The largest absolute Gasteiger partial charge is 0.462 e. The number of hydrogen-bond acceptors (Lipinski definition) is 6. The third kappa shape index (κ3) is 64.9. The van der Waals surface area contributed by atoms with Crippen molar-refractivity contribution in [3.05, 3.63) is 109 Å². The van der Waals surface area contributed by atoms with E-state index in [9.17, 15) is 14.4 Å². The highest BCUT2D eigenvalue weighted by Gasteiger charge is 2.19. The van der Waals surface area contributed by atoms with E-state index in [1.165, 1.54) is 161 Å². The second-order valence-corrected chi connectivity index (χ2v) is 22.4. The van der Waals surface area contributed by atoms with Gasteiger partial charge >= 0.3 is 17.9 Å². The molecule has 0 aromatic rings. The van der Waals surface area contributed by atoms with Crippen LogP contribution >= 0.6 is 0 Å². The fraction of sp³-hybridized carbons (Fsp3) is 0.716. The molecular weight excluding hydrogens is 985 g/mol. The molecule has 1 unspecified atom stereocenters. The first kappa shape index (κ1) is 76.1. The maximum atomic E-state index is 12.9. The maximum Gasteiger partial charge on any atom is 0.306 e. The smallest absolute Gasteiger partial charge is 0.306 e. The highest BCUT2D eigenvalue weighted by atomic mass is 16.6. The van der Waals surface area contributed by atoms with Gasteiger partial charge in [-0.05, 0) is 89.9 Å². The molecule has 6 heteroatoms. The van der Waals surface area contributed by atoms with E-state index in [0.29, 0.717) is 19.3 Å². The van der Waals surface area contributed by atoms with Crippen LogP contribution in [0.2, 0.25) is 0 Å². The molecule has 458 valence electrons. The monoisotopic (exact) mass is 1110 g/mol. The molecule has 0 radical (unpaired) electrons. The summed E-state index contributed by atoms with van der Waals surface area (Å²) >= 11 is 0. The zero-order valence-electron chi connectivity index (χ0n) is 52.6. The quantitative estimate of drug-likeness (QED) is 0.0261. The lowest BCUT2D eigenvalue weighted by Crippen LogP contribution is -2.30. The van der Waals surface area contributed by atoms with Crippen molar-refractivity contribution in [3.8, 4) is 0 Å². The van der Waals surface area contributed by atoms with Gasteiger partial charge in [0.25, 0.3) is 0 Å². The molecule has 0 aliphatic carbocycles. The van der Waals surface area contributed by atoms with Crippen LogP contribution in [0.25, 0.3) is 0 Å². The van der Waals surface area contributed by atoms with Crippen molar-refractivity contribution in [2.45, 2.75) is 329 Å². The Morgan fingerprint density at radius 3 is 0.762 bits per heavy atom. The van der Waals surface area contributed by atoms with Crippen LogP contribution < -0.4 is 0 Å². The molecule has 0 N–H and O–H groups in total.